The van der Waals surface area contributed by atoms with Gasteiger partial charge in [-0.2, -0.15) is 0 Å². The van der Waals surface area contributed by atoms with Gasteiger partial charge in [-0.25, -0.2) is 9.78 Å². The Kier molecular flexibility index (Phi) is 3.61. The van der Waals surface area contributed by atoms with Gasteiger partial charge in [-0.15, -0.1) is 0 Å². The molecule has 78 valence electrons. The van der Waals surface area contributed by atoms with Crippen LogP contribution < -0.4 is 0 Å². The summed E-state index contributed by atoms with van der Waals surface area (Å²) >= 11 is 0. The van der Waals surface area contributed by atoms with E-state index in [0.717, 1.165) is 0 Å². The molecular formula is C8H12N2O4. The SMILES string of the molecule is CCOC(=O)C(O)C(O)c1ncc[nH]1. The number of H-pyrrole nitrogens is 1. The maximum Gasteiger partial charge on any atom is 0.338 e. The predicted octanol–water partition coefficient (Wildman–Crippen LogP) is -0.633. The number of rotatable bonds is 4. The number of nitrogens with one attached hydrogen (secondary N) is 1. The summed E-state index contributed by atoms with van der Waals surface area (Å²) in [6.45, 7) is 1.77. The maximum atomic E-state index is 11.0. The minimum Gasteiger partial charge on any atom is -0.464 e. The number of carbonyl (C=O) groups excluding carboxylic acids is 1. The molecule has 1 rings (SSSR count). The molecule has 6 heteroatoms. The third kappa shape index (κ3) is 2.30. The van der Waals surface area contributed by atoms with Gasteiger partial charge < -0.3 is 19.9 Å². The highest BCUT2D eigenvalue weighted by Crippen LogP contribution is 2.12. The topological polar surface area (TPSA) is 95.4 Å². The largest absolute Gasteiger partial charge is 0.464 e. The third-order valence-corrected chi connectivity index (χ3v) is 1.63. The molecule has 0 saturated heterocycles. The first kappa shape index (κ1) is 10.7. The smallest absolute Gasteiger partial charge is 0.338 e. The molecule has 3 N–H and O–H groups in total. The molecule has 0 aliphatic heterocycles. The Balaban J connectivity index is 2.61. The van der Waals surface area contributed by atoms with E-state index in [9.17, 15) is 15.0 Å². The van der Waals surface area contributed by atoms with Gasteiger partial charge in [0.1, 0.15) is 11.9 Å². The fourth-order valence-corrected chi connectivity index (χ4v) is 0.945. The zero-order valence-electron chi connectivity index (χ0n) is 7.67. The lowest BCUT2D eigenvalue weighted by atomic mass is 10.2. The van der Waals surface area contributed by atoms with Crippen LogP contribution in [0.1, 0.15) is 18.9 Å². The number of aliphatic hydroxyl groups excluding tert-OH is 2. The zero-order valence-corrected chi connectivity index (χ0v) is 7.67. The molecule has 2 atom stereocenters. The molecule has 1 aromatic rings. The first-order valence-electron chi connectivity index (χ1n) is 4.18. The number of aromatic nitrogens is 2. The van der Waals surface area contributed by atoms with Crippen LogP contribution in [0.5, 0.6) is 0 Å². The molecule has 1 heterocycles. The number of nitrogens with zero attached hydrogens (tertiary/aromatic N) is 1. The molecular weight excluding hydrogens is 188 g/mol. The van der Waals surface area contributed by atoms with Crippen LogP contribution in [0.3, 0.4) is 0 Å². The normalized spacial score (nSPS) is 14.8. The van der Waals surface area contributed by atoms with Crippen LogP contribution in [0.15, 0.2) is 12.4 Å². The fourth-order valence-electron chi connectivity index (χ4n) is 0.945. The van der Waals surface area contributed by atoms with Gasteiger partial charge in [-0.3, -0.25) is 0 Å². The lowest BCUT2D eigenvalue weighted by molar-refractivity contribution is -0.159. The van der Waals surface area contributed by atoms with Crippen LogP contribution >= 0.6 is 0 Å². The molecule has 6 nitrogen and oxygen atoms in total. The fraction of sp³-hybridized carbons (Fsp3) is 0.500. The van der Waals surface area contributed by atoms with Crippen LogP contribution in [0.25, 0.3) is 0 Å². The Hall–Kier alpha value is -1.40. The highest BCUT2D eigenvalue weighted by atomic mass is 16.5. The molecule has 0 aliphatic rings. The Bertz CT molecular complexity index is 286. The number of carbonyl (C=O) groups is 1. The quantitative estimate of drug-likeness (QED) is 0.562. The van der Waals surface area contributed by atoms with Crippen molar-refractivity contribution in [2.75, 3.05) is 6.61 Å². The molecule has 0 fully saturated rings. The number of aromatic amines is 1. The van der Waals surface area contributed by atoms with Gasteiger partial charge in [0, 0.05) is 12.4 Å². The second-order valence-electron chi connectivity index (χ2n) is 2.62. The van der Waals surface area contributed by atoms with Gasteiger partial charge >= 0.3 is 5.97 Å². The van der Waals surface area contributed by atoms with E-state index in [0.29, 0.717) is 0 Å². The van der Waals surface area contributed by atoms with Crippen LogP contribution in [0.2, 0.25) is 0 Å². The summed E-state index contributed by atoms with van der Waals surface area (Å²) in [5.74, 6) is -0.734. The number of ether oxygens (including phenoxy) is 1. The van der Waals surface area contributed by atoms with Crippen molar-refractivity contribution >= 4 is 5.97 Å². The van der Waals surface area contributed by atoms with Crippen molar-refractivity contribution in [2.24, 2.45) is 0 Å². The number of hydrogen-bond acceptors (Lipinski definition) is 5. The van der Waals surface area contributed by atoms with E-state index < -0.39 is 18.2 Å². The minimum atomic E-state index is -1.61. The Morgan fingerprint density at radius 3 is 2.93 bits per heavy atom. The summed E-state index contributed by atoms with van der Waals surface area (Å²) in [5, 5.41) is 18.7. The zero-order chi connectivity index (χ0) is 10.6. The van der Waals surface area contributed by atoms with Crippen molar-refractivity contribution in [1.82, 2.24) is 9.97 Å². The molecule has 0 aliphatic carbocycles. The van der Waals surface area contributed by atoms with Crippen LogP contribution in [-0.2, 0) is 9.53 Å². The monoisotopic (exact) mass is 200 g/mol. The minimum absolute atomic E-state index is 0.130. The number of imidazole rings is 1. The third-order valence-electron chi connectivity index (χ3n) is 1.63. The Labute approximate surface area is 80.5 Å². The summed E-state index contributed by atoms with van der Waals surface area (Å²) < 4.78 is 4.53. The van der Waals surface area contributed by atoms with E-state index in [1.165, 1.54) is 12.4 Å². The van der Waals surface area contributed by atoms with Crippen molar-refractivity contribution in [3.05, 3.63) is 18.2 Å². The predicted molar refractivity (Wildman–Crippen MR) is 46.2 cm³/mol. The summed E-state index contributed by atoms with van der Waals surface area (Å²) in [6, 6.07) is 0. The van der Waals surface area contributed by atoms with Gasteiger partial charge in [0.25, 0.3) is 0 Å². The molecule has 14 heavy (non-hydrogen) atoms. The van der Waals surface area contributed by atoms with Crippen molar-refractivity contribution in [3.8, 4) is 0 Å². The second kappa shape index (κ2) is 4.73. The molecule has 1 aromatic heterocycles. The highest BCUT2D eigenvalue weighted by Gasteiger charge is 2.28. The summed E-state index contributed by atoms with van der Waals surface area (Å²) in [6.07, 6.45) is -0.0995. The maximum absolute atomic E-state index is 11.0. The highest BCUT2D eigenvalue weighted by molar-refractivity contribution is 5.75. The van der Waals surface area contributed by atoms with Crippen molar-refractivity contribution in [1.29, 1.82) is 0 Å². The average molecular weight is 200 g/mol. The summed E-state index contributed by atoms with van der Waals surface area (Å²) in [7, 11) is 0. The lowest BCUT2D eigenvalue weighted by Gasteiger charge is -2.13. The van der Waals surface area contributed by atoms with Gasteiger partial charge in [0.15, 0.2) is 6.10 Å². The molecule has 0 spiro atoms. The summed E-state index contributed by atoms with van der Waals surface area (Å²) in [4.78, 5) is 17.3. The van der Waals surface area contributed by atoms with Gasteiger partial charge in [0.05, 0.1) is 6.61 Å². The molecule has 0 aromatic carbocycles. The average Bonchev–Trinajstić information content (AvgIpc) is 2.68. The van der Waals surface area contributed by atoms with E-state index in [1.54, 1.807) is 6.92 Å². The molecule has 0 saturated carbocycles. The number of esters is 1. The second-order valence-corrected chi connectivity index (χ2v) is 2.62. The first-order valence-corrected chi connectivity index (χ1v) is 4.18. The van der Waals surface area contributed by atoms with Gasteiger partial charge in [-0.1, -0.05) is 0 Å². The Morgan fingerprint density at radius 2 is 2.43 bits per heavy atom. The number of aliphatic hydroxyl groups is 2. The van der Waals surface area contributed by atoms with E-state index in [4.69, 9.17) is 0 Å². The standard InChI is InChI=1S/C8H12N2O4/c1-2-14-8(13)6(12)5(11)7-9-3-4-10-7/h3-6,11-12H,2H2,1H3,(H,9,10). The van der Waals surface area contributed by atoms with Crippen LogP contribution in [-0.4, -0.2) is 38.9 Å². The van der Waals surface area contributed by atoms with E-state index >= 15 is 0 Å². The lowest BCUT2D eigenvalue weighted by Crippen LogP contribution is -2.30. The van der Waals surface area contributed by atoms with E-state index in [2.05, 4.69) is 14.7 Å². The molecule has 0 bridgehead atoms. The molecule has 0 amide bonds. The van der Waals surface area contributed by atoms with E-state index in [-0.39, 0.29) is 12.4 Å². The van der Waals surface area contributed by atoms with Crippen molar-refractivity contribution in [2.45, 2.75) is 19.1 Å². The van der Waals surface area contributed by atoms with E-state index in [1.807, 2.05) is 0 Å². The molecule has 2 unspecified atom stereocenters. The van der Waals surface area contributed by atoms with Crippen LogP contribution in [0, 0.1) is 0 Å². The van der Waals surface area contributed by atoms with Crippen molar-refractivity contribution < 1.29 is 19.7 Å². The Morgan fingerprint density at radius 1 is 1.71 bits per heavy atom. The van der Waals surface area contributed by atoms with Crippen LogP contribution in [0.4, 0.5) is 0 Å². The molecule has 0 radical (unpaired) electrons. The first-order chi connectivity index (χ1) is 6.66. The van der Waals surface area contributed by atoms with Crippen molar-refractivity contribution in [3.63, 3.8) is 0 Å². The number of hydrogen-bond donors (Lipinski definition) is 3. The summed E-state index contributed by atoms with van der Waals surface area (Å²) in [5.41, 5.74) is 0. The van der Waals surface area contributed by atoms with Gasteiger partial charge in [0.2, 0.25) is 0 Å². The van der Waals surface area contributed by atoms with Gasteiger partial charge in [-0.05, 0) is 6.92 Å².